The molecule has 0 spiro atoms. The molecule has 6 heteroatoms. The average molecular weight is 258 g/mol. The zero-order chi connectivity index (χ0) is 13.7. The first-order valence-corrected chi connectivity index (χ1v) is 5.62. The molecule has 0 atom stereocenters. The maximum Gasteiger partial charge on any atom is 0.310 e. The second-order valence-electron chi connectivity index (χ2n) is 3.77. The zero-order valence-electron chi connectivity index (χ0n) is 10.4. The van der Waals surface area contributed by atoms with E-state index in [-0.39, 0.29) is 25.1 Å². The number of carbonyl (C=O) groups excluding carboxylic acids is 1. The van der Waals surface area contributed by atoms with Crippen LogP contribution in [-0.4, -0.2) is 17.6 Å². The standard InChI is InChI=1S/C12H16F2N2O2/c1-3-18-10(17)4-8-9(5-15)7(2)6-16-11(8)12(13)14/h6,12H,3-5,15H2,1-2H3. The summed E-state index contributed by atoms with van der Waals surface area (Å²) in [5.41, 5.74) is 6.57. The normalized spacial score (nSPS) is 10.8. The third-order valence-corrected chi connectivity index (χ3v) is 2.58. The summed E-state index contributed by atoms with van der Waals surface area (Å²) in [4.78, 5) is 15.1. The van der Waals surface area contributed by atoms with Gasteiger partial charge in [-0.05, 0) is 30.5 Å². The van der Waals surface area contributed by atoms with Crippen molar-refractivity contribution >= 4 is 5.97 Å². The lowest BCUT2D eigenvalue weighted by Gasteiger charge is -2.14. The van der Waals surface area contributed by atoms with Crippen molar-refractivity contribution in [3.05, 3.63) is 28.6 Å². The minimum absolute atomic E-state index is 0.0861. The summed E-state index contributed by atoms with van der Waals surface area (Å²) >= 11 is 0. The van der Waals surface area contributed by atoms with Gasteiger partial charge in [0.2, 0.25) is 0 Å². The van der Waals surface area contributed by atoms with Crippen LogP contribution >= 0.6 is 0 Å². The second kappa shape index (κ2) is 6.39. The van der Waals surface area contributed by atoms with E-state index in [2.05, 4.69) is 4.98 Å². The fourth-order valence-corrected chi connectivity index (χ4v) is 1.74. The fourth-order valence-electron chi connectivity index (χ4n) is 1.74. The van der Waals surface area contributed by atoms with Crippen molar-refractivity contribution in [2.75, 3.05) is 6.61 Å². The van der Waals surface area contributed by atoms with Gasteiger partial charge in [-0.1, -0.05) is 0 Å². The van der Waals surface area contributed by atoms with Crippen LogP contribution < -0.4 is 5.73 Å². The molecule has 1 aromatic rings. The van der Waals surface area contributed by atoms with Gasteiger partial charge in [0.25, 0.3) is 6.43 Å². The van der Waals surface area contributed by atoms with Crippen LogP contribution in [0.25, 0.3) is 0 Å². The van der Waals surface area contributed by atoms with Gasteiger partial charge in [-0.2, -0.15) is 0 Å². The Kier molecular flexibility index (Phi) is 5.15. The highest BCUT2D eigenvalue weighted by Crippen LogP contribution is 2.25. The van der Waals surface area contributed by atoms with Gasteiger partial charge in [0.15, 0.2) is 0 Å². The summed E-state index contributed by atoms with van der Waals surface area (Å²) in [6, 6.07) is 0. The van der Waals surface area contributed by atoms with Crippen LogP contribution in [0.2, 0.25) is 0 Å². The number of halogens is 2. The van der Waals surface area contributed by atoms with Crippen LogP contribution in [0.1, 0.15) is 35.7 Å². The fraction of sp³-hybridized carbons (Fsp3) is 0.500. The van der Waals surface area contributed by atoms with Gasteiger partial charge in [-0.15, -0.1) is 0 Å². The molecule has 0 aliphatic carbocycles. The molecule has 0 unspecified atom stereocenters. The number of hydrogen-bond acceptors (Lipinski definition) is 4. The summed E-state index contributed by atoms with van der Waals surface area (Å²) < 4.78 is 30.5. The lowest BCUT2D eigenvalue weighted by atomic mass is 9.99. The van der Waals surface area contributed by atoms with Crippen LogP contribution in [0.3, 0.4) is 0 Å². The number of carbonyl (C=O) groups is 1. The largest absolute Gasteiger partial charge is 0.466 e. The molecule has 0 radical (unpaired) electrons. The maximum absolute atomic E-state index is 12.9. The van der Waals surface area contributed by atoms with Gasteiger partial charge in [-0.3, -0.25) is 9.78 Å². The molecule has 0 amide bonds. The SMILES string of the molecule is CCOC(=O)Cc1c(C(F)F)ncc(C)c1CN. The third-order valence-electron chi connectivity index (χ3n) is 2.58. The highest BCUT2D eigenvalue weighted by atomic mass is 19.3. The predicted octanol–water partition coefficient (Wildman–Crippen LogP) is 1.89. The van der Waals surface area contributed by atoms with Gasteiger partial charge < -0.3 is 10.5 Å². The van der Waals surface area contributed by atoms with Crippen molar-refractivity contribution < 1.29 is 18.3 Å². The first kappa shape index (κ1) is 14.5. The van der Waals surface area contributed by atoms with E-state index in [1.54, 1.807) is 13.8 Å². The van der Waals surface area contributed by atoms with Crippen LogP contribution in [0.15, 0.2) is 6.20 Å². The van der Waals surface area contributed by atoms with Gasteiger partial charge >= 0.3 is 5.97 Å². The molecule has 2 N–H and O–H groups in total. The molecule has 0 aliphatic heterocycles. The second-order valence-corrected chi connectivity index (χ2v) is 3.77. The Morgan fingerprint density at radius 2 is 2.17 bits per heavy atom. The number of esters is 1. The number of pyridine rings is 1. The van der Waals surface area contributed by atoms with E-state index in [4.69, 9.17) is 10.5 Å². The molecule has 4 nitrogen and oxygen atoms in total. The molecule has 0 bridgehead atoms. The topological polar surface area (TPSA) is 65.2 Å². The van der Waals surface area contributed by atoms with Crippen molar-refractivity contribution in [2.45, 2.75) is 33.2 Å². The molecular weight excluding hydrogens is 242 g/mol. The molecule has 18 heavy (non-hydrogen) atoms. The minimum Gasteiger partial charge on any atom is -0.466 e. The number of hydrogen-bond donors (Lipinski definition) is 1. The van der Waals surface area contributed by atoms with E-state index in [1.165, 1.54) is 6.20 Å². The molecule has 1 rings (SSSR count). The van der Waals surface area contributed by atoms with Gasteiger partial charge in [0.1, 0.15) is 5.69 Å². The summed E-state index contributed by atoms with van der Waals surface area (Å²) in [5, 5.41) is 0. The van der Waals surface area contributed by atoms with E-state index < -0.39 is 18.1 Å². The van der Waals surface area contributed by atoms with E-state index in [9.17, 15) is 13.6 Å². The van der Waals surface area contributed by atoms with Crippen molar-refractivity contribution in [3.8, 4) is 0 Å². The zero-order valence-corrected chi connectivity index (χ0v) is 10.4. The van der Waals surface area contributed by atoms with Crippen molar-refractivity contribution in [1.29, 1.82) is 0 Å². The van der Waals surface area contributed by atoms with Crippen LogP contribution in [0, 0.1) is 6.92 Å². The number of aryl methyl sites for hydroxylation is 1. The first-order valence-electron chi connectivity index (χ1n) is 5.62. The highest BCUT2D eigenvalue weighted by Gasteiger charge is 2.21. The minimum atomic E-state index is -2.74. The Hall–Kier alpha value is -1.56. The van der Waals surface area contributed by atoms with E-state index in [1.807, 2.05) is 0 Å². The van der Waals surface area contributed by atoms with Crippen LogP contribution in [0.4, 0.5) is 8.78 Å². The Morgan fingerprint density at radius 1 is 1.50 bits per heavy atom. The van der Waals surface area contributed by atoms with Gasteiger partial charge in [-0.25, -0.2) is 8.78 Å². The molecule has 1 aromatic heterocycles. The van der Waals surface area contributed by atoms with Gasteiger partial charge in [0.05, 0.1) is 13.0 Å². The molecular formula is C12H16F2N2O2. The molecule has 0 saturated heterocycles. The van der Waals surface area contributed by atoms with Crippen molar-refractivity contribution in [3.63, 3.8) is 0 Å². The van der Waals surface area contributed by atoms with Crippen LogP contribution in [-0.2, 0) is 22.5 Å². The Morgan fingerprint density at radius 3 is 2.67 bits per heavy atom. The Bertz CT molecular complexity index is 436. The summed E-state index contributed by atoms with van der Waals surface area (Å²) in [6.45, 7) is 3.67. The molecule has 0 saturated carbocycles. The maximum atomic E-state index is 12.9. The number of ether oxygens (including phenoxy) is 1. The quantitative estimate of drug-likeness (QED) is 0.819. The predicted molar refractivity (Wildman–Crippen MR) is 62.2 cm³/mol. The number of aromatic nitrogens is 1. The van der Waals surface area contributed by atoms with E-state index in [0.717, 1.165) is 0 Å². The molecule has 0 fully saturated rings. The third kappa shape index (κ3) is 3.22. The monoisotopic (exact) mass is 258 g/mol. The lowest BCUT2D eigenvalue weighted by Crippen LogP contribution is -2.15. The first-order chi connectivity index (χ1) is 8.51. The summed E-state index contributed by atoms with van der Waals surface area (Å²) in [5.74, 6) is -0.554. The van der Waals surface area contributed by atoms with Crippen molar-refractivity contribution in [2.24, 2.45) is 5.73 Å². The highest BCUT2D eigenvalue weighted by molar-refractivity contribution is 5.73. The lowest BCUT2D eigenvalue weighted by molar-refractivity contribution is -0.142. The molecule has 0 aromatic carbocycles. The molecule has 1 heterocycles. The van der Waals surface area contributed by atoms with Crippen molar-refractivity contribution in [1.82, 2.24) is 4.98 Å². The summed E-state index contributed by atoms with van der Waals surface area (Å²) in [7, 11) is 0. The number of nitrogens with zero attached hydrogens (tertiary/aromatic N) is 1. The van der Waals surface area contributed by atoms with E-state index in [0.29, 0.717) is 11.1 Å². The Labute approximate surface area is 104 Å². The van der Waals surface area contributed by atoms with Crippen LogP contribution in [0.5, 0.6) is 0 Å². The number of nitrogens with two attached hydrogens (primary N) is 1. The Balaban J connectivity index is 3.19. The smallest absolute Gasteiger partial charge is 0.310 e. The molecule has 100 valence electrons. The van der Waals surface area contributed by atoms with Gasteiger partial charge in [0, 0.05) is 12.7 Å². The number of rotatable bonds is 5. The van der Waals surface area contributed by atoms with E-state index >= 15 is 0 Å². The molecule has 0 aliphatic rings. The number of alkyl halides is 2. The average Bonchev–Trinajstić information content (AvgIpc) is 2.29. The summed E-state index contributed by atoms with van der Waals surface area (Å²) in [6.07, 6.45) is -1.62.